The van der Waals surface area contributed by atoms with Crippen LogP contribution in [-0.4, -0.2) is 14.9 Å². The molecule has 4 heteroatoms. The second kappa shape index (κ2) is 5.69. The SMILES string of the molecule is CCCC(O)(CCC)c1c(Cl)cnn1CC. The Morgan fingerprint density at radius 2 is 1.88 bits per heavy atom. The Kier molecular flexibility index (Phi) is 4.81. The van der Waals surface area contributed by atoms with Crippen LogP contribution >= 0.6 is 11.6 Å². The van der Waals surface area contributed by atoms with Crippen molar-refractivity contribution < 1.29 is 5.11 Å². The molecular weight excluding hydrogens is 224 g/mol. The molecule has 0 radical (unpaired) electrons. The predicted molar refractivity (Wildman–Crippen MR) is 66.6 cm³/mol. The molecule has 92 valence electrons. The first kappa shape index (κ1) is 13.5. The van der Waals surface area contributed by atoms with Crippen LogP contribution in [0.2, 0.25) is 5.02 Å². The van der Waals surface area contributed by atoms with Gasteiger partial charge in [0.2, 0.25) is 0 Å². The maximum atomic E-state index is 10.7. The molecule has 0 spiro atoms. The van der Waals surface area contributed by atoms with E-state index in [0.717, 1.165) is 37.9 Å². The van der Waals surface area contributed by atoms with Crippen LogP contribution in [0.5, 0.6) is 0 Å². The highest BCUT2D eigenvalue weighted by Gasteiger charge is 2.33. The summed E-state index contributed by atoms with van der Waals surface area (Å²) < 4.78 is 1.80. The average molecular weight is 245 g/mol. The van der Waals surface area contributed by atoms with Crippen molar-refractivity contribution in [2.75, 3.05) is 0 Å². The monoisotopic (exact) mass is 244 g/mol. The third-order valence-electron chi connectivity index (χ3n) is 2.86. The van der Waals surface area contributed by atoms with Crippen molar-refractivity contribution >= 4 is 11.6 Å². The molecule has 0 unspecified atom stereocenters. The highest BCUT2D eigenvalue weighted by molar-refractivity contribution is 6.31. The Morgan fingerprint density at radius 1 is 1.31 bits per heavy atom. The number of aryl methyl sites for hydroxylation is 1. The minimum atomic E-state index is -0.826. The molecule has 0 aromatic carbocycles. The number of aliphatic hydroxyl groups is 1. The third-order valence-corrected chi connectivity index (χ3v) is 3.14. The second-order valence-corrected chi connectivity index (χ2v) is 4.60. The molecule has 0 saturated carbocycles. The summed E-state index contributed by atoms with van der Waals surface area (Å²) in [4.78, 5) is 0. The Hall–Kier alpha value is -0.540. The first-order valence-electron chi connectivity index (χ1n) is 6.03. The van der Waals surface area contributed by atoms with Gasteiger partial charge in [-0.2, -0.15) is 5.10 Å². The minimum Gasteiger partial charge on any atom is -0.384 e. The zero-order valence-corrected chi connectivity index (χ0v) is 11.1. The second-order valence-electron chi connectivity index (χ2n) is 4.19. The molecule has 0 aliphatic rings. The van der Waals surface area contributed by atoms with Gasteiger partial charge in [-0.25, -0.2) is 0 Å². The zero-order valence-electron chi connectivity index (χ0n) is 10.3. The molecule has 1 rings (SSSR count). The van der Waals surface area contributed by atoms with Gasteiger partial charge in [-0.15, -0.1) is 0 Å². The van der Waals surface area contributed by atoms with E-state index in [1.165, 1.54) is 0 Å². The predicted octanol–water partition coefficient (Wildman–Crippen LogP) is 3.34. The van der Waals surface area contributed by atoms with E-state index in [1.807, 2.05) is 6.92 Å². The Bertz CT molecular complexity index is 330. The Labute approximate surface area is 102 Å². The van der Waals surface area contributed by atoms with Gasteiger partial charge in [-0.3, -0.25) is 4.68 Å². The summed E-state index contributed by atoms with van der Waals surface area (Å²) in [7, 11) is 0. The number of hydrogen-bond donors (Lipinski definition) is 1. The van der Waals surface area contributed by atoms with Crippen molar-refractivity contribution in [3.8, 4) is 0 Å². The Morgan fingerprint density at radius 3 is 2.31 bits per heavy atom. The summed E-state index contributed by atoms with van der Waals surface area (Å²) in [6.07, 6.45) is 4.94. The van der Waals surface area contributed by atoms with E-state index in [2.05, 4.69) is 18.9 Å². The van der Waals surface area contributed by atoms with Crippen LogP contribution in [0.1, 0.15) is 52.1 Å². The van der Waals surface area contributed by atoms with Crippen molar-refractivity contribution in [1.82, 2.24) is 9.78 Å². The summed E-state index contributed by atoms with van der Waals surface area (Å²) in [5, 5.41) is 15.5. The summed E-state index contributed by atoms with van der Waals surface area (Å²) in [6.45, 7) is 6.88. The van der Waals surface area contributed by atoms with Gasteiger partial charge in [0.05, 0.1) is 16.9 Å². The molecule has 0 aliphatic carbocycles. The van der Waals surface area contributed by atoms with Crippen molar-refractivity contribution in [3.05, 3.63) is 16.9 Å². The van der Waals surface area contributed by atoms with Gasteiger partial charge in [0.25, 0.3) is 0 Å². The molecule has 3 nitrogen and oxygen atoms in total. The van der Waals surface area contributed by atoms with Crippen molar-refractivity contribution in [2.45, 2.75) is 58.6 Å². The molecule has 0 fully saturated rings. The third kappa shape index (κ3) is 2.58. The lowest BCUT2D eigenvalue weighted by atomic mass is 9.89. The summed E-state index contributed by atoms with van der Waals surface area (Å²) in [5.41, 5.74) is -0.0482. The summed E-state index contributed by atoms with van der Waals surface area (Å²) in [6, 6.07) is 0. The minimum absolute atomic E-state index is 0.575. The molecule has 1 aromatic heterocycles. The molecule has 0 bridgehead atoms. The first-order chi connectivity index (χ1) is 7.59. The molecule has 0 amide bonds. The van der Waals surface area contributed by atoms with Crippen LogP contribution in [-0.2, 0) is 12.1 Å². The molecule has 0 saturated heterocycles. The Balaban J connectivity index is 3.13. The average Bonchev–Trinajstić information content (AvgIpc) is 2.60. The maximum absolute atomic E-state index is 10.7. The molecular formula is C12H21ClN2O. The van der Waals surface area contributed by atoms with Gasteiger partial charge < -0.3 is 5.11 Å². The summed E-state index contributed by atoms with van der Waals surface area (Å²) in [5.74, 6) is 0. The van der Waals surface area contributed by atoms with Gasteiger partial charge in [0.1, 0.15) is 5.60 Å². The van der Waals surface area contributed by atoms with Gasteiger partial charge in [-0.1, -0.05) is 38.3 Å². The first-order valence-corrected chi connectivity index (χ1v) is 6.41. The lowest BCUT2D eigenvalue weighted by Gasteiger charge is -2.28. The van der Waals surface area contributed by atoms with Gasteiger partial charge in [0, 0.05) is 6.54 Å². The number of nitrogens with zero attached hydrogens (tertiary/aromatic N) is 2. The van der Waals surface area contributed by atoms with Crippen LogP contribution in [0.3, 0.4) is 0 Å². The topological polar surface area (TPSA) is 38.1 Å². The van der Waals surface area contributed by atoms with Gasteiger partial charge in [0.15, 0.2) is 0 Å². The van der Waals surface area contributed by atoms with Gasteiger partial charge >= 0.3 is 0 Å². The number of rotatable bonds is 6. The van der Waals surface area contributed by atoms with Gasteiger partial charge in [-0.05, 0) is 19.8 Å². The van der Waals surface area contributed by atoms with E-state index in [-0.39, 0.29) is 0 Å². The van der Waals surface area contributed by atoms with Crippen molar-refractivity contribution in [3.63, 3.8) is 0 Å². The lowest BCUT2D eigenvalue weighted by Crippen LogP contribution is -2.29. The normalized spacial score (nSPS) is 12.1. The van der Waals surface area contributed by atoms with E-state index in [9.17, 15) is 5.11 Å². The van der Waals surface area contributed by atoms with Crippen LogP contribution < -0.4 is 0 Å². The molecule has 1 aromatic rings. The van der Waals surface area contributed by atoms with E-state index in [4.69, 9.17) is 11.6 Å². The maximum Gasteiger partial charge on any atom is 0.108 e. The largest absolute Gasteiger partial charge is 0.384 e. The fraction of sp³-hybridized carbons (Fsp3) is 0.750. The van der Waals surface area contributed by atoms with E-state index in [1.54, 1.807) is 10.9 Å². The van der Waals surface area contributed by atoms with Crippen LogP contribution in [0.4, 0.5) is 0 Å². The lowest BCUT2D eigenvalue weighted by molar-refractivity contribution is 0.00848. The van der Waals surface area contributed by atoms with E-state index in [0.29, 0.717) is 5.02 Å². The fourth-order valence-corrected chi connectivity index (χ4v) is 2.57. The zero-order chi connectivity index (χ0) is 12.2. The van der Waals surface area contributed by atoms with E-state index < -0.39 is 5.60 Å². The molecule has 1 N–H and O–H groups in total. The van der Waals surface area contributed by atoms with E-state index >= 15 is 0 Å². The number of hydrogen-bond acceptors (Lipinski definition) is 2. The molecule has 0 aliphatic heterocycles. The molecule has 0 atom stereocenters. The standard InChI is InChI=1S/C12H21ClN2O/c1-4-7-12(16,8-5-2)11-10(13)9-14-15(11)6-3/h9,16H,4-8H2,1-3H3. The smallest absolute Gasteiger partial charge is 0.108 e. The quantitative estimate of drug-likeness (QED) is 0.834. The highest BCUT2D eigenvalue weighted by atomic mass is 35.5. The fourth-order valence-electron chi connectivity index (χ4n) is 2.25. The molecule has 16 heavy (non-hydrogen) atoms. The molecule has 1 heterocycles. The van der Waals surface area contributed by atoms with Crippen molar-refractivity contribution in [1.29, 1.82) is 0 Å². The van der Waals surface area contributed by atoms with Crippen LogP contribution in [0, 0.1) is 0 Å². The summed E-state index contributed by atoms with van der Waals surface area (Å²) >= 11 is 6.14. The highest BCUT2D eigenvalue weighted by Crippen LogP contribution is 2.35. The number of aromatic nitrogens is 2. The van der Waals surface area contributed by atoms with Crippen LogP contribution in [0.25, 0.3) is 0 Å². The van der Waals surface area contributed by atoms with Crippen LogP contribution in [0.15, 0.2) is 6.20 Å². The van der Waals surface area contributed by atoms with Crippen molar-refractivity contribution in [2.24, 2.45) is 0 Å². The number of halogens is 1.